The second-order valence-corrected chi connectivity index (χ2v) is 43.1. The molecule has 8 aromatic rings. The summed E-state index contributed by atoms with van der Waals surface area (Å²) in [6, 6.07) is 3.68. The van der Waals surface area contributed by atoms with Gasteiger partial charge in [-0.3, -0.25) is 94.8 Å². The highest BCUT2D eigenvalue weighted by Crippen LogP contribution is 2.68. The highest BCUT2D eigenvalue weighted by Gasteiger charge is 2.56. The number of nitrogens with zero attached hydrogens (tertiary/aromatic N) is 11. The molecule has 8 aromatic heterocycles. The summed E-state index contributed by atoms with van der Waals surface area (Å²) in [6.07, 6.45) is -30.7. The standard InChI is InChI=1S/C77H96N19O38P3S2/c1-30-17-92(73(110)84-62(30)102)51-12-35(119-24-44-38(15-54(129-44)95-20-33(4)65(105)87-76(95)113)133-135(138)136(115,116)123-28-45-56(98)57(99)67(130-45)89-9-6-48(78)81-70(89)107)41(126-51)23-118-36-13-52(93-18-31(2)63(103)85-74(93)111)127-42(36)25-121-60-46(131-68(58(60)100)90-10-7-49(79)82-71(90)108)27-120-37-14-53(94-19-32(3)64(104)86-75(94)112)128-43(37)26-122-61-47(132-69(59(61)101)91-11-8-50(80)83-72(91)109)29-124-137(117,139)134-39-16-55(125-40(39)22-97)96-21-34(5)66(106)88-77(96)114/h6-11,17-21,35-47,51-61,67-69,97-101H,12-16,22-29H2,1-5H3,(H12-,78,79,80,81,82,83,84,85,86,87,88,102,103,104,105,106,107,108,109,110,111,112,113,114,115,116,117,139)/p+1/t35-,36-,37-,38-,39-,40+,41+,42+,43+,44+,45+,46+,47+,51+,52+,53+,54+,55+,56+,57+,58+,59+,60+,61+,67+,68+,69+,137?/m0/s1. The van der Waals surface area contributed by atoms with Crippen molar-refractivity contribution >= 4 is 61.7 Å². The molecule has 8 aliphatic rings. The Morgan fingerprint density at radius 3 is 1.02 bits per heavy atom. The quantitative estimate of drug-likeness (QED) is 0.0164. The van der Waals surface area contributed by atoms with Crippen molar-refractivity contribution in [2.45, 2.75) is 233 Å². The first-order valence-electron chi connectivity index (χ1n) is 43.0. The number of nitrogens with one attached hydrogen (secondary N) is 5. The van der Waals surface area contributed by atoms with Crippen molar-refractivity contribution in [3.05, 3.63) is 231 Å². The van der Waals surface area contributed by atoms with Crippen molar-refractivity contribution in [3.63, 3.8) is 0 Å². The van der Waals surface area contributed by atoms with Gasteiger partial charge >= 0.3 is 66.1 Å². The number of nitrogen functional groups attached to an aromatic ring is 3. The van der Waals surface area contributed by atoms with E-state index in [2.05, 4.69) is 39.9 Å². The summed E-state index contributed by atoms with van der Waals surface area (Å²) in [5, 5.41) is 57.1. The lowest BCUT2D eigenvalue weighted by Gasteiger charge is -2.28. The first-order chi connectivity index (χ1) is 65.9. The molecule has 3 unspecified atom stereocenters. The molecule has 139 heavy (non-hydrogen) atoms. The minimum atomic E-state index is -5.13. The highest BCUT2D eigenvalue weighted by atomic mass is 32.6. The normalized spacial score (nSPS) is 31.7. The summed E-state index contributed by atoms with van der Waals surface area (Å²) in [5.74, 6) is -0.586. The summed E-state index contributed by atoms with van der Waals surface area (Å²) < 4.78 is 129. The number of nitrogens with two attached hydrogens (primary N) is 3. The zero-order valence-electron chi connectivity index (χ0n) is 73.7. The Morgan fingerprint density at radius 1 is 0.388 bits per heavy atom. The van der Waals surface area contributed by atoms with Gasteiger partial charge in [-0.2, -0.15) is 19.5 Å². The van der Waals surface area contributed by atoms with Gasteiger partial charge in [0.15, 0.2) is 18.7 Å². The van der Waals surface area contributed by atoms with Gasteiger partial charge in [-0.25, -0.2) is 42.9 Å². The van der Waals surface area contributed by atoms with Gasteiger partial charge in [-0.1, -0.05) is 0 Å². The van der Waals surface area contributed by atoms with Gasteiger partial charge in [0.05, 0.1) is 77.3 Å². The molecule has 8 saturated heterocycles. The first-order valence-corrected chi connectivity index (χ1v) is 50.2. The van der Waals surface area contributed by atoms with E-state index in [-0.39, 0.29) is 77.4 Å². The maximum Gasteiger partial charge on any atom is 0.571 e. The number of aromatic nitrogens is 16. The molecule has 8 fully saturated rings. The molecule has 0 spiro atoms. The number of aliphatic hydroxyl groups excluding tert-OH is 5. The van der Waals surface area contributed by atoms with E-state index in [4.69, 9.17) is 120 Å². The largest absolute Gasteiger partial charge is 0.571 e. The van der Waals surface area contributed by atoms with E-state index >= 15 is 0 Å². The maximum atomic E-state index is 14.1. The van der Waals surface area contributed by atoms with Crippen LogP contribution < -0.4 is 90.5 Å². The third kappa shape index (κ3) is 22.1. The van der Waals surface area contributed by atoms with Gasteiger partial charge < -0.3 is 118 Å². The van der Waals surface area contributed by atoms with Crippen LogP contribution in [0.25, 0.3) is 0 Å². The fraction of sp³-hybridized carbons (Fsp3) is 0.584. The lowest BCUT2D eigenvalue weighted by atomic mass is 10.1. The third-order valence-electron chi connectivity index (χ3n) is 24.5. The minimum absolute atomic E-state index is 0.0615. The summed E-state index contributed by atoms with van der Waals surface area (Å²) in [4.78, 5) is 216. The van der Waals surface area contributed by atoms with Crippen LogP contribution in [-0.2, 0) is 108 Å². The highest BCUT2D eigenvalue weighted by molar-refractivity contribution is 8.41. The van der Waals surface area contributed by atoms with E-state index in [0.717, 1.165) is 42.7 Å². The van der Waals surface area contributed by atoms with Crippen LogP contribution in [0.3, 0.4) is 0 Å². The lowest BCUT2D eigenvalue weighted by Crippen LogP contribution is -2.43. The smallest absolute Gasteiger partial charge is 0.394 e. The van der Waals surface area contributed by atoms with Gasteiger partial charge in [0.2, 0.25) is 11.8 Å². The van der Waals surface area contributed by atoms with Gasteiger partial charge in [0.25, 0.3) is 27.8 Å². The van der Waals surface area contributed by atoms with Gasteiger partial charge in [-0.15, -0.1) is 0 Å². The molecule has 0 saturated carbocycles. The molecule has 30 atom stereocenters. The van der Waals surface area contributed by atoms with Crippen molar-refractivity contribution in [3.8, 4) is 0 Å². The molecule has 16 rings (SSSR count). The van der Waals surface area contributed by atoms with E-state index in [1.54, 1.807) is 0 Å². The predicted molar refractivity (Wildman–Crippen MR) is 475 cm³/mol. The SMILES string of the molecule is Cc1cn([C@H]2C[C@H](OC[C@H]3O[C@@H](n4ccc(N)nc4=O)[C@H](O)[C@@H]3OC[C@H]3O[C@@H](n4cc(C)c(=O)[nH]c4=O)C[C@@H]3OC[C@H]3O[C@@H](n4cc(C)c(=O)[nH]c4=O)C[C@@H]3OC[C@H]3O[C@@H](n4cc(C)c(=O)[nH]c4=O)C[C@@H]3O[P+](=S)P(=O)(O)OC[C@H]3O[C@@H](n4ccc(N)nc4=O)[C@H](O)[C@@H]3O)[C@@H](CO[C@H]3[C@@H](O)[C@H](n4ccc(N)nc4=O)O[C@@H]3COP(O)(=S)O[C@H]3C[C@H](n4cc(C)c(=O)[nH]c4=O)O[C@@H]3CO)O2)c(=O)[nH]c1=O. The zero-order chi connectivity index (χ0) is 99.6. The average Bonchev–Trinajstić information content (AvgIpc) is 2.17. The van der Waals surface area contributed by atoms with E-state index in [0.29, 0.717) is 0 Å². The van der Waals surface area contributed by atoms with Crippen molar-refractivity contribution < 1.29 is 120 Å². The van der Waals surface area contributed by atoms with Gasteiger partial charge in [0.1, 0.15) is 140 Å². The van der Waals surface area contributed by atoms with E-state index in [1.807, 2.05) is 0 Å². The van der Waals surface area contributed by atoms with E-state index in [1.165, 1.54) is 96.2 Å². The number of ether oxygens (including phenoxy) is 13. The Hall–Kier alpha value is -10.1. The fourth-order valence-electron chi connectivity index (χ4n) is 17.2. The van der Waals surface area contributed by atoms with Crippen LogP contribution in [0.1, 0.15) is 110 Å². The molecule has 62 heteroatoms. The molecular weight excluding hydrogens is 1960 g/mol. The summed E-state index contributed by atoms with van der Waals surface area (Å²) >= 11 is 11.0. The minimum Gasteiger partial charge on any atom is -0.394 e. The zero-order valence-corrected chi connectivity index (χ0v) is 78.0. The number of rotatable bonds is 35. The van der Waals surface area contributed by atoms with E-state index < -0.39 is 313 Å². The Balaban J connectivity index is 0.654. The number of hydrogen-bond donors (Lipinski definition) is 15. The molecule has 0 bridgehead atoms. The van der Waals surface area contributed by atoms with Crippen LogP contribution in [0.4, 0.5) is 17.5 Å². The van der Waals surface area contributed by atoms with Crippen LogP contribution in [0.5, 0.6) is 0 Å². The second kappa shape index (κ2) is 41.8. The molecule has 18 N–H and O–H groups in total. The third-order valence-corrected chi connectivity index (χ3v) is 31.5. The van der Waals surface area contributed by atoms with E-state index in [9.17, 15) is 102 Å². The van der Waals surface area contributed by atoms with Crippen LogP contribution in [0, 0.1) is 34.6 Å². The second-order valence-electron chi connectivity index (χ2n) is 34.0. The van der Waals surface area contributed by atoms with Crippen LogP contribution in [-0.4, -0.2) is 281 Å². The molecular formula is C77H97N19O38P3S2+. The summed E-state index contributed by atoms with van der Waals surface area (Å²) in [7, 11) is -5.13. The van der Waals surface area contributed by atoms with Crippen molar-refractivity contribution in [1.29, 1.82) is 0 Å². The molecule has 8 aliphatic heterocycles. The number of aryl methyl sites for hydroxylation is 5. The number of hydrogen-bond acceptors (Lipinski definition) is 44. The molecule has 16 heterocycles. The average molecular weight is 2050 g/mol. The monoisotopic (exact) mass is 2050 g/mol. The molecule has 0 amide bonds. The summed E-state index contributed by atoms with van der Waals surface area (Å²) in [5.41, 5.74) is 6.65. The molecule has 0 aromatic carbocycles. The fourth-order valence-corrected chi connectivity index (χ4v) is 21.7. The Bertz CT molecular complexity index is 6910. The number of H-pyrrole nitrogens is 5. The van der Waals surface area contributed by atoms with Gasteiger partial charge in [0, 0.05) is 109 Å². The number of aliphatic hydroxyl groups is 5. The first kappa shape index (κ1) is 102. The van der Waals surface area contributed by atoms with Crippen LogP contribution in [0.15, 0.2) is 130 Å². The maximum absolute atomic E-state index is 14.1. The topological polar surface area (TPSA) is 773 Å². The van der Waals surface area contributed by atoms with Crippen molar-refractivity contribution in [1.82, 2.24) is 76.4 Å². The molecule has 754 valence electrons. The Labute approximate surface area is 787 Å². The summed E-state index contributed by atoms with van der Waals surface area (Å²) in [6.45, 7) is -5.78. The van der Waals surface area contributed by atoms with Crippen LogP contribution in [0.2, 0.25) is 0 Å². The van der Waals surface area contributed by atoms with Gasteiger partial charge in [-0.05, 0) is 64.6 Å². The Kier molecular flexibility index (Phi) is 30.6. The Morgan fingerprint density at radius 2 is 0.676 bits per heavy atom. The molecule has 0 radical (unpaired) electrons. The molecule has 0 aliphatic carbocycles. The van der Waals surface area contributed by atoms with Crippen molar-refractivity contribution in [2.24, 2.45) is 0 Å². The van der Waals surface area contributed by atoms with Crippen LogP contribution >= 0.6 is 20.6 Å². The van der Waals surface area contributed by atoms with Crippen molar-refractivity contribution in [2.75, 3.05) is 70.1 Å². The predicted octanol–water partition coefficient (Wildman–Crippen LogP) is -6.73. The number of aromatic amines is 5. The molecule has 57 nitrogen and oxygen atoms in total. The lowest BCUT2D eigenvalue weighted by molar-refractivity contribution is -0.145. The number of anilines is 3.